The molecule has 0 aliphatic carbocycles. The fourth-order valence-electron chi connectivity index (χ4n) is 10.8. The molecular weight excluding hydrogens is 1200 g/mol. The number of phosphoric ester groups is 2. The average molecular weight is 1340 g/mol. The molecule has 4 unspecified atom stereocenters. The van der Waals surface area contributed by atoms with Gasteiger partial charge in [-0.1, -0.05) is 306 Å². The summed E-state index contributed by atoms with van der Waals surface area (Å²) >= 11 is 0. The van der Waals surface area contributed by atoms with Crippen molar-refractivity contribution < 1.29 is 80.2 Å². The zero-order valence-corrected chi connectivity index (χ0v) is 61.3. The van der Waals surface area contributed by atoms with Crippen LogP contribution in [0.15, 0.2) is 0 Å². The Kier molecular flexibility index (Phi) is 60.3. The molecular formula is C72H140O17P2. The first-order valence-electron chi connectivity index (χ1n) is 37.3. The summed E-state index contributed by atoms with van der Waals surface area (Å²) in [4.78, 5) is 72.6. The molecule has 19 heteroatoms. The van der Waals surface area contributed by atoms with E-state index in [-0.39, 0.29) is 25.7 Å². The summed E-state index contributed by atoms with van der Waals surface area (Å²) < 4.78 is 68.4. The normalized spacial score (nSPS) is 14.8. The Hall–Kier alpha value is -1.94. The maximum absolute atomic E-state index is 13.0. The lowest BCUT2D eigenvalue weighted by atomic mass is 9.99. The van der Waals surface area contributed by atoms with E-state index in [4.69, 9.17) is 37.0 Å². The highest BCUT2D eigenvalue weighted by atomic mass is 31.2. The van der Waals surface area contributed by atoms with E-state index in [1.807, 2.05) is 0 Å². The van der Waals surface area contributed by atoms with Gasteiger partial charge in [-0.3, -0.25) is 37.3 Å². The van der Waals surface area contributed by atoms with Crippen LogP contribution in [-0.4, -0.2) is 96.7 Å². The van der Waals surface area contributed by atoms with E-state index in [9.17, 15) is 43.2 Å². The van der Waals surface area contributed by atoms with Crippen molar-refractivity contribution in [3.63, 3.8) is 0 Å². The third-order valence-electron chi connectivity index (χ3n) is 17.3. The Morgan fingerprint density at radius 3 is 0.780 bits per heavy atom. The van der Waals surface area contributed by atoms with Crippen LogP contribution in [0.1, 0.15) is 357 Å². The number of unbranched alkanes of at least 4 members (excludes halogenated alkanes) is 33. The van der Waals surface area contributed by atoms with E-state index in [0.29, 0.717) is 25.7 Å². The molecule has 0 heterocycles. The molecule has 0 fully saturated rings. The van der Waals surface area contributed by atoms with Crippen LogP contribution in [0.25, 0.3) is 0 Å². The van der Waals surface area contributed by atoms with E-state index in [2.05, 4.69) is 55.4 Å². The summed E-state index contributed by atoms with van der Waals surface area (Å²) in [5, 5.41) is 10.6. The van der Waals surface area contributed by atoms with Crippen LogP contribution < -0.4 is 0 Å². The molecule has 3 N–H and O–H groups in total. The Morgan fingerprint density at radius 1 is 0.308 bits per heavy atom. The fourth-order valence-corrected chi connectivity index (χ4v) is 12.4. The number of phosphoric acid groups is 2. The molecule has 7 atom stereocenters. The molecule has 0 amide bonds. The first-order valence-corrected chi connectivity index (χ1v) is 40.3. The molecule has 17 nitrogen and oxygen atoms in total. The van der Waals surface area contributed by atoms with Crippen LogP contribution in [0.5, 0.6) is 0 Å². The molecule has 0 aromatic rings. The number of carbonyl (C=O) groups is 4. The van der Waals surface area contributed by atoms with Crippen LogP contribution in [0.4, 0.5) is 0 Å². The topological polar surface area (TPSA) is 237 Å². The number of hydrogen-bond acceptors (Lipinski definition) is 15. The highest BCUT2D eigenvalue weighted by Crippen LogP contribution is 2.45. The highest BCUT2D eigenvalue weighted by molar-refractivity contribution is 7.47. The molecule has 0 bridgehead atoms. The largest absolute Gasteiger partial charge is 0.472 e. The van der Waals surface area contributed by atoms with Gasteiger partial charge in [0.25, 0.3) is 0 Å². The van der Waals surface area contributed by atoms with Gasteiger partial charge in [-0.2, -0.15) is 0 Å². The van der Waals surface area contributed by atoms with Crippen molar-refractivity contribution in [1.82, 2.24) is 0 Å². The van der Waals surface area contributed by atoms with Gasteiger partial charge in [0.2, 0.25) is 0 Å². The van der Waals surface area contributed by atoms with E-state index >= 15 is 0 Å². The second-order valence-electron chi connectivity index (χ2n) is 27.4. The maximum Gasteiger partial charge on any atom is 0.472 e. The molecule has 0 aliphatic rings. The molecule has 0 rings (SSSR count). The standard InChI is InChI=1S/C72H140O17P2/c1-9-64(7)50-42-34-26-22-23-27-36-44-52-69(74)82-58-67(88-71(76)54-46-38-28-20-15-13-11-12-14-18-24-32-40-48-62(3)4)60-86-90(78,79)84-56-66(73)57-85-91(80,81)87-61-68(59-83-70(75)53-45-37-31-30-35-43-51-65(8)10-2)89-72(77)55-47-39-29-21-17-16-19-25-33-41-49-63(5)6/h62-68,73H,9-61H2,1-8H3,(H,78,79)(H,80,81)/t64?,65?,66-,67-,68-/m1/s1. The number of ether oxygens (including phenoxy) is 4. The van der Waals surface area contributed by atoms with Crippen LogP contribution in [0, 0.1) is 23.7 Å². The molecule has 0 aliphatic heterocycles. The predicted octanol–water partition coefficient (Wildman–Crippen LogP) is 20.5. The van der Waals surface area contributed by atoms with Gasteiger partial charge in [-0.15, -0.1) is 0 Å². The minimum absolute atomic E-state index is 0.104. The van der Waals surface area contributed by atoms with E-state index < -0.39 is 97.5 Å². The molecule has 0 saturated heterocycles. The Morgan fingerprint density at radius 2 is 0.527 bits per heavy atom. The maximum atomic E-state index is 13.0. The van der Waals surface area contributed by atoms with Gasteiger partial charge >= 0.3 is 39.5 Å². The number of aliphatic hydroxyl groups excluding tert-OH is 1. The summed E-state index contributed by atoms with van der Waals surface area (Å²) in [5.74, 6) is 0.920. The molecule has 0 aromatic heterocycles. The second kappa shape index (κ2) is 61.6. The van der Waals surface area contributed by atoms with Gasteiger partial charge in [0.15, 0.2) is 12.2 Å². The number of aliphatic hydroxyl groups is 1. The SMILES string of the molecule is CCC(C)CCCCCCCCCCC(=O)OC[C@H](COP(=O)(O)OC[C@@H](O)COP(=O)(O)OC[C@@H](COC(=O)CCCCCCCCC(C)CC)OC(=O)CCCCCCCCCCCCC(C)C)OC(=O)CCCCCCCCCCCCCCCC(C)C. The molecule has 0 radical (unpaired) electrons. The third kappa shape index (κ3) is 63.9. The van der Waals surface area contributed by atoms with Crippen molar-refractivity contribution in [3.8, 4) is 0 Å². The lowest BCUT2D eigenvalue weighted by molar-refractivity contribution is -0.161. The van der Waals surface area contributed by atoms with E-state index in [0.717, 1.165) is 120 Å². The van der Waals surface area contributed by atoms with Gasteiger partial charge < -0.3 is 33.8 Å². The lowest BCUT2D eigenvalue weighted by Crippen LogP contribution is -2.30. The number of carbonyl (C=O) groups excluding carboxylic acids is 4. The van der Waals surface area contributed by atoms with Gasteiger partial charge in [-0.25, -0.2) is 9.13 Å². The number of hydrogen-bond donors (Lipinski definition) is 3. The van der Waals surface area contributed by atoms with E-state index in [1.165, 1.54) is 154 Å². The van der Waals surface area contributed by atoms with E-state index in [1.54, 1.807) is 0 Å². The Bertz CT molecular complexity index is 1800. The summed E-state index contributed by atoms with van der Waals surface area (Å²) in [6.45, 7) is 14.1. The van der Waals surface area contributed by atoms with Crippen molar-refractivity contribution >= 4 is 39.5 Å². The van der Waals surface area contributed by atoms with Crippen LogP contribution >= 0.6 is 15.6 Å². The summed E-state index contributed by atoms with van der Waals surface area (Å²) in [5.41, 5.74) is 0. The van der Waals surface area contributed by atoms with Crippen molar-refractivity contribution in [2.24, 2.45) is 23.7 Å². The first-order chi connectivity index (χ1) is 43.7. The van der Waals surface area contributed by atoms with Crippen LogP contribution in [-0.2, 0) is 65.4 Å². The Balaban J connectivity index is 5.27. The zero-order chi connectivity index (χ0) is 67.5. The number of esters is 4. The summed E-state index contributed by atoms with van der Waals surface area (Å²) in [6, 6.07) is 0. The molecule has 0 aromatic carbocycles. The monoisotopic (exact) mass is 1340 g/mol. The zero-order valence-electron chi connectivity index (χ0n) is 59.5. The molecule has 0 spiro atoms. The van der Waals surface area contributed by atoms with Gasteiger partial charge in [-0.05, 0) is 49.4 Å². The number of rotatable bonds is 69. The fraction of sp³-hybridized carbons (Fsp3) is 0.944. The lowest BCUT2D eigenvalue weighted by Gasteiger charge is -2.21. The quantitative estimate of drug-likeness (QED) is 0.0222. The van der Waals surface area contributed by atoms with Crippen molar-refractivity contribution in [3.05, 3.63) is 0 Å². The average Bonchev–Trinajstić information content (AvgIpc) is 3.61. The Labute approximate surface area is 556 Å². The summed E-state index contributed by atoms with van der Waals surface area (Å²) in [7, 11) is -9.91. The molecule has 91 heavy (non-hydrogen) atoms. The molecule has 0 saturated carbocycles. The van der Waals surface area contributed by atoms with Crippen LogP contribution in [0.3, 0.4) is 0 Å². The van der Waals surface area contributed by atoms with Gasteiger partial charge in [0.05, 0.1) is 26.4 Å². The second-order valence-corrected chi connectivity index (χ2v) is 30.3. The van der Waals surface area contributed by atoms with Crippen molar-refractivity contribution in [1.29, 1.82) is 0 Å². The van der Waals surface area contributed by atoms with Crippen LogP contribution in [0.2, 0.25) is 0 Å². The smallest absolute Gasteiger partial charge is 0.462 e. The van der Waals surface area contributed by atoms with Gasteiger partial charge in [0.1, 0.15) is 19.3 Å². The highest BCUT2D eigenvalue weighted by Gasteiger charge is 2.30. The third-order valence-corrected chi connectivity index (χ3v) is 19.2. The predicted molar refractivity (Wildman–Crippen MR) is 367 cm³/mol. The summed E-state index contributed by atoms with van der Waals surface area (Å²) in [6.07, 6.45) is 44.4. The van der Waals surface area contributed by atoms with Crippen molar-refractivity contribution in [2.75, 3.05) is 39.6 Å². The van der Waals surface area contributed by atoms with Gasteiger partial charge in [0, 0.05) is 25.7 Å². The van der Waals surface area contributed by atoms with Crippen molar-refractivity contribution in [2.45, 2.75) is 375 Å². The molecule has 540 valence electrons. The minimum atomic E-state index is -4.95. The first kappa shape index (κ1) is 89.1. The minimum Gasteiger partial charge on any atom is -0.462 e.